The zero-order valence-electron chi connectivity index (χ0n) is 9.36. The third-order valence-corrected chi connectivity index (χ3v) is 2.18. The summed E-state index contributed by atoms with van der Waals surface area (Å²) < 4.78 is 4.77. The molecule has 3 nitrogen and oxygen atoms in total. The summed E-state index contributed by atoms with van der Waals surface area (Å²) in [6, 6.07) is 7.49. The first-order chi connectivity index (χ1) is 7.69. The van der Waals surface area contributed by atoms with Crippen molar-refractivity contribution < 1.29 is 9.53 Å². The largest absolute Gasteiger partial charge is 0.463 e. The fourth-order valence-electron chi connectivity index (χ4n) is 1.30. The van der Waals surface area contributed by atoms with Gasteiger partial charge >= 0.3 is 5.97 Å². The van der Waals surface area contributed by atoms with Gasteiger partial charge in [-0.3, -0.25) is 0 Å². The molecule has 3 heteroatoms. The van der Waals surface area contributed by atoms with E-state index >= 15 is 0 Å². The van der Waals surface area contributed by atoms with Crippen LogP contribution in [0.15, 0.2) is 24.3 Å². The molecule has 0 radical (unpaired) electrons. The SMILES string of the molecule is CCOC(=O)C=Cc1cccc(C#N)c1C. The van der Waals surface area contributed by atoms with Gasteiger partial charge in [-0.15, -0.1) is 0 Å². The highest BCUT2D eigenvalue weighted by molar-refractivity contribution is 5.87. The number of hydrogen-bond acceptors (Lipinski definition) is 3. The van der Waals surface area contributed by atoms with Crippen LogP contribution in [0.1, 0.15) is 23.6 Å². The van der Waals surface area contributed by atoms with E-state index in [9.17, 15) is 4.79 Å². The van der Waals surface area contributed by atoms with E-state index in [1.165, 1.54) is 6.08 Å². The first-order valence-corrected chi connectivity index (χ1v) is 5.03. The molecular weight excluding hydrogens is 202 g/mol. The van der Waals surface area contributed by atoms with Gasteiger partial charge in [-0.1, -0.05) is 12.1 Å². The maximum atomic E-state index is 11.1. The zero-order valence-corrected chi connectivity index (χ0v) is 9.36. The molecule has 0 aliphatic carbocycles. The lowest BCUT2D eigenvalue weighted by atomic mass is 10.0. The van der Waals surface area contributed by atoms with E-state index in [0.29, 0.717) is 12.2 Å². The molecule has 0 atom stereocenters. The molecule has 0 aliphatic rings. The molecule has 0 heterocycles. The van der Waals surface area contributed by atoms with Crippen molar-refractivity contribution in [2.45, 2.75) is 13.8 Å². The van der Waals surface area contributed by atoms with Gasteiger partial charge in [0.2, 0.25) is 0 Å². The average Bonchev–Trinajstić information content (AvgIpc) is 2.28. The Balaban J connectivity index is 2.90. The number of esters is 1. The van der Waals surface area contributed by atoms with Crippen LogP contribution in [-0.4, -0.2) is 12.6 Å². The lowest BCUT2D eigenvalue weighted by molar-refractivity contribution is -0.137. The lowest BCUT2D eigenvalue weighted by Crippen LogP contribution is -1.98. The molecule has 0 saturated heterocycles. The Hall–Kier alpha value is -2.08. The van der Waals surface area contributed by atoms with Crippen LogP contribution in [0.4, 0.5) is 0 Å². The van der Waals surface area contributed by atoms with Crippen LogP contribution in [-0.2, 0) is 9.53 Å². The molecule has 0 fully saturated rings. The summed E-state index contributed by atoms with van der Waals surface area (Å²) >= 11 is 0. The summed E-state index contributed by atoms with van der Waals surface area (Å²) in [7, 11) is 0. The normalized spacial score (nSPS) is 10.1. The maximum Gasteiger partial charge on any atom is 0.330 e. The molecule has 0 spiro atoms. The van der Waals surface area contributed by atoms with Crippen molar-refractivity contribution >= 4 is 12.0 Å². The maximum absolute atomic E-state index is 11.1. The number of carbonyl (C=O) groups is 1. The summed E-state index contributed by atoms with van der Waals surface area (Å²) in [6.07, 6.45) is 3.03. The topological polar surface area (TPSA) is 50.1 Å². The summed E-state index contributed by atoms with van der Waals surface area (Å²) in [5.41, 5.74) is 2.34. The van der Waals surface area contributed by atoms with Crippen molar-refractivity contribution in [3.63, 3.8) is 0 Å². The number of rotatable bonds is 3. The molecule has 0 aromatic heterocycles. The highest BCUT2D eigenvalue weighted by Crippen LogP contribution is 2.14. The third-order valence-electron chi connectivity index (χ3n) is 2.18. The number of nitrogens with zero attached hydrogens (tertiary/aromatic N) is 1. The fraction of sp³-hybridized carbons (Fsp3) is 0.231. The first-order valence-electron chi connectivity index (χ1n) is 5.03. The number of hydrogen-bond donors (Lipinski definition) is 0. The van der Waals surface area contributed by atoms with Crippen molar-refractivity contribution in [3.8, 4) is 6.07 Å². The van der Waals surface area contributed by atoms with Crippen LogP contribution in [0.5, 0.6) is 0 Å². The monoisotopic (exact) mass is 215 g/mol. The Morgan fingerprint density at radius 2 is 2.31 bits per heavy atom. The number of ether oxygens (including phenoxy) is 1. The molecule has 0 N–H and O–H groups in total. The van der Waals surface area contributed by atoms with Crippen LogP contribution >= 0.6 is 0 Å². The Morgan fingerprint density at radius 3 is 2.94 bits per heavy atom. The average molecular weight is 215 g/mol. The van der Waals surface area contributed by atoms with Crippen molar-refractivity contribution in [2.24, 2.45) is 0 Å². The van der Waals surface area contributed by atoms with E-state index in [1.54, 1.807) is 25.1 Å². The highest BCUT2D eigenvalue weighted by atomic mass is 16.5. The van der Waals surface area contributed by atoms with E-state index in [0.717, 1.165) is 11.1 Å². The Kier molecular flexibility index (Phi) is 4.28. The van der Waals surface area contributed by atoms with Gasteiger partial charge in [0.15, 0.2) is 0 Å². The molecular formula is C13H13NO2. The smallest absolute Gasteiger partial charge is 0.330 e. The lowest BCUT2D eigenvalue weighted by Gasteiger charge is -2.01. The van der Waals surface area contributed by atoms with Crippen molar-refractivity contribution in [2.75, 3.05) is 6.61 Å². The summed E-state index contributed by atoms with van der Waals surface area (Å²) in [6.45, 7) is 3.97. The van der Waals surface area contributed by atoms with E-state index in [4.69, 9.17) is 10.00 Å². The minimum Gasteiger partial charge on any atom is -0.463 e. The summed E-state index contributed by atoms with van der Waals surface area (Å²) in [5.74, 6) is -0.371. The van der Waals surface area contributed by atoms with Gasteiger partial charge in [-0.25, -0.2) is 4.79 Å². The first kappa shape index (κ1) is 12.0. The molecule has 0 bridgehead atoms. The second-order valence-electron chi connectivity index (χ2n) is 3.22. The third kappa shape index (κ3) is 2.96. The van der Waals surface area contributed by atoms with Crippen LogP contribution in [0, 0.1) is 18.3 Å². The molecule has 16 heavy (non-hydrogen) atoms. The summed E-state index contributed by atoms with van der Waals surface area (Å²) in [5, 5.41) is 8.84. The van der Waals surface area contributed by atoms with Crippen LogP contribution in [0.25, 0.3) is 6.08 Å². The van der Waals surface area contributed by atoms with Crippen LogP contribution in [0.3, 0.4) is 0 Å². The van der Waals surface area contributed by atoms with Gasteiger partial charge in [0.1, 0.15) is 0 Å². The quantitative estimate of drug-likeness (QED) is 0.574. The van der Waals surface area contributed by atoms with Crippen LogP contribution in [0.2, 0.25) is 0 Å². The number of carbonyl (C=O) groups excluding carboxylic acids is 1. The van der Waals surface area contributed by atoms with Crippen molar-refractivity contribution in [1.82, 2.24) is 0 Å². The van der Waals surface area contributed by atoms with Gasteiger partial charge < -0.3 is 4.74 Å². The molecule has 0 amide bonds. The Morgan fingerprint density at radius 1 is 1.56 bits per heavy atom. The van der Waals surface area contributed by atoms with Gasteiger partial charge in [-0.2, -0.15) is 5.26 Å². The predicted molar refractivity (Wildman–Crippen MR) is 61.6 cm³/mol. The molecule has 1 aromatic carbocycles. The van der Waals surface area contributed by atoms with E-state index < -0.39 is 0 Å². The summed E-state index contributed by atoms with van der Waals surface area (Å²) in [4.78, 5) is 11.1. The van der Waals surface area contributed by atoms with Gasteiger partial charge in [0, 0.05) is 6.08 Å². The number of nitriles is 1. The Labute approximate surface area is 95.0 Å². The van der Waals surface area contributed by atoms with Crippen molar-refractivity contribution in [1.29, 1.82) is 5.26 Å². The minimum atomic E-state index is -0.371. The predicted octanol–water partition coefficient (Wildman–Crippen LogP) is 2.44. The van der Waals surface area contributed by atoms with E-state index in [1.807, 2.05) is 13.0 Å². The van der Waals surface area contributed by atoms with Crippen molar-refractivity contribution in [3.05, 3.63) is 41.0 Å². The zero-order chi connectivity index (χ0) is 12.0. The van der Waals surface area contributed by atoms with Gasteiger partial charge in [0.25, 0.3) is 0 Å². The fourth-order valence-corrected chi connectivity index (χ4v) is 1.30. The number of benzene rings is 1. The molecule has 82 valence electrons. The molecule has 0 aliphatic heterocycles. The highest BCUT2D eigenvalue weighted by Gasteiger charge is 2.01. The van der Waals surface area contributed by atoms with E-state index in [-0.39, 0.29) is 5.97 Å². The second-order valence-corrected chi connectivity index (χ2v) is 3.22. The molecule has 1 rings (SSSR count). The minimum absolute atomic E-state index is 0.361. The second kappa shape index (κ2) is 5.72. The molecule has 0 saturated carbocycles. The molecule has 1 aromatic rings. The Bertz CT molecular complexity index is 455. The van der Waals surface area contributed by atoms with Crippen LogP contribution < -0.4 is 0 Å². The molecule has 0 unspecified atom stereocenters. The standard InChI is InChI=1S/C13H13NO2/c1-3-16-13(15)8-7-11-5-4-6-12(9-14)10(11)2/h4-8H,3H2,1-2H3. The van der Waals surface area contributed by atoms with E-state index in [2.05, 4.69) is 6.07 Å². The van der Waals surface area contributed by atoms with Gasteiger partial charge in [0.05, 0.1) is 18.2 Å². The van der Waals surface area contributed by atoms with Gasteiger partial charge in [-0.05, 0) is 37.1 Å².